The van der Waals surface area contributed by atoms with Gasteiger partial charge >= 0.3 is 0 Å². The van der Waals surface area contributed by atoms with Gasteiger partial charge in [-0.1, -0.05) is 16.8 Å². The molecule has 0 aliphatic carbocycles. The summed E-state index contributed by atoms with van der Waals surface area (Å²) in [6.45, 7) is 5.82. The van der Waals surface area contributed by atoms with Gasteiger partial charge in [0.05, 0.1) is 16.8 Å². The van der Waals surface area contributed by atoms with E-state index in [-0.39, 0.29) is 28.8 Å². The topological polar surface area (TPSA) is 100 Å². The summed E-state index contributed by atoms with van der Waals surface area (Å²) in [6.07, 6.45) is 2.94. The highest BCUT2D eigenvalue weighted by molar-refractivity contribution is 6.30. The first kappa shape index (κ1) is 17.3. The first-order chi connectivity index (χ1) is 12.8. The highest BCUT2D eigenvalue weighted by Gasteiger charge is 2.21. The van der Waals surface area contributed by atoms with Crippen molar-refractivity contribution in [3.05, 3.63) is 41.4 Å². The molecule has 4 aromatic rings. The van der Waals surface area contributed by atoms with Gasteiger partial charge in [-0.25, -0.2) is 9.07 Å². The second-order valence-corrected chi connectivity index (χ2v) is 7.20. The minimum atomic E-state index is -0.504. The predicted octanol–water partition coefficient (Wildman–Crippen LogP) is 3.12. The largest absolute Gasteiger partial charge is 0.330 e. The summed E-state index contributed by atoms with van der Waals surface area (Å²) in [5.41, 5.74) is 0.361. The van der Waals surface area contributed by atoms with Crippen LogP contribution in [-0.2, 0) is 5.54 Å². The van der Waals surface area contributed by atoms with Crippen molar-refractivity contribution in [1.82, 2.24) is 40.1 Å². The SMILES string of the molecule is CC(C)(C)n1nnc(-c2nc(-c3ccc(-n4cc(Cl)cn4)c(F)c3)no2)n1. The molecule has 0 radical (unpaired) electrons. The van der Waals surface area contributed by atoms with Crippen LogP contribution in [0.15, 0.2) is 35.1 Å². The van der Waals surface area contributed by atoms with E-state index in [1.807, 2.05) is 20.8 Å². The Bertz CT molecular complexity index is 1110. The molecule has 0 fully saturated rings. The molecule has 0 aliphatic heterocycles. The molecule has 0 saturated carbocycles. The Morgan fingerprint density at radius 1 is 1.19 bits per heavy atom. The van der Waals surface area contributed by atoms with Crippen LogP contribution in [0.5, 0.6) is 0 Å². The quantitative estimate of drug-likeness (QED) is 0.531. The molecule has 0 aliphatic rings. The minimum Gasteiger partial charge on any atom is -0.330 e. The molecule has 11 heteroatoms. The lowest BCUT2D eigenvalue weighted by molar-refractivity contribution is 0.306. The van der Waals surface area contributed by atoms with E-state index in [0.717, 1.165) is 0 Å². The van der Waals surface area contributed by atoms with Crippen molar-refractivity contribution in [1.29, 1.82) is 0 Å². The molecule has 0 atom stereocenters. The Morgan fingerprint density at radius 2 is 2.00 bits per heavy atom. The fourth-order valence-electron chi connectivity index (χ4n) is 2.28. The third kappa shape index (κ3) is 3.31. The summed E-state index contributed by atoms with van der Waals surface area (Å²) in [6, 6.07) is 4.50. The summed E-state index contributed by atoms with van der Waals surface area (Å²) >= 11 is 5.82. The van der Waals surface area contributed by atoms with Gasteiger partial charge < -0.3 is 4.52 Å². The lowest BCUT2D eigenvalue weighted by Gasteiger charge is -2.14. The summed E-state index contributed by atoms with van der Waals surface area (Å²) in [5.74, 6) is 0.00673. The molecule has 0 bridgehead atoms. The van der Waals surface area contributed by atoms with Gasteiger partial charge in [0.25, 0.3) is 11.7 Å². The van der Waals surface area contributed by atoms with E-state index < -0.39 is 5.82 Å². The fraction of sp³-hybridized carbons (Fsp3) is 0.250. The zero-order valence-corrected chi connectivity index (χ0v) is 15.4. The average Bonchev–Trinajstić information content (AvgIpc) is 3.34. The Kier molecular flexibility index (Phi) is 3.99. The maximum atomic E-state index is 14.5. The standard InChI is InChI=1S/C16H14ClFN8O/c1-16(2,3)26-22-14(21-24-26)15-20-13(23-27-15)9-4-5-12(11(18)6-9)25-8-10(17)7-19-25/h4-8H,1-3H3. The predicted molar refractivity (Wildman–Crippen MR) is 93.6 cm³/mol. The molecule has 1 aromatic carbocycles. The first-order valence-corrected chi connectivity index (χ1v) is 8.34. The van der Waals surface area contributed by atoms with Crippen molar-refractivity contribution in [3.63, 3.8) is 0 Å². The molecule has 3 heterocycles. The van der Waals surface area contributed by atoms with Crippen LogP contribution in [0.4, 0.5) is 4.39 Å². The number of hydrogen-bond acceptors (Lipinski definition) is 7. The van der Waals surface area contributed by atoms with E-state index in [9.17, 15) is 4.39 Å². The molecule has 9 nitrogen and oxygen atoms in total. The van der Waals surface area contributed by atoms with E-state index >= 15 is 0 Å². The third-order valence-electron chi connectivity index (χ3n) is 3.63. The van der Waals surface area contributed by atoms with Gasteiger partial charge in [0.2, 0.25) is 5.82 Å². The zero-order valence-electron chi connectivity index (χ0n) is 14.6. The zero-order chi connectivity index (χ0) is 19.2. The Hall–Kier alpha value is -3.14. The average molecular weight is 389 g/mol. The number of halogens is 2. The molecule has 4 rings (SSSR count). The second kappa shape index (κ2) is 6.23. The van der Waals surface area contributed by atoms with Crippen LogP contribution in [0.25, 0.3) is 28.8 Å². The van der Waals surface area contributed by atoms with Gasteiger partial charge in [-0.15, -0.1) is 10.2 Å². The number of tetrazole rings is 1. The summed E-state index contributed by atoms with van der Waals surface area (Å²) in [4.78, 5) is 5.68. The molecule has 0 saturated heterocycles. The molecule has 0 spiro atoms. The molecule has 138 valence electrons. The third-order valence-corrected chi connectivity index (χ3v) is 3.83. The van der Waals surface area contributed by atoms with Gasteiger partial charge in [0, 0.05) is 11.8 Å². The van der Waals surface area contributed by atoms with Crippen molar-refractivity contribution in [2.45, 2.75) is 26.3 Å². The maximum absolute atomic E-state index is 14.5. The van der Waals surface area contributed by atoms with E-state index in [4.69, 9.17) is 16.1 Å². The lowest BCUT2D eigenvalue weighted by Crippen LogP contribution is -2.24. The van der Waals surface area contributed by atoms with Gasteiger partial charge in [0.1, 0.15) is 11.5 Å². The van der Waals surface area contributed by atoms with Crippen molar-refractivity contribution in [2.75, 3.05) is 0 Å². The molecule has 27 heavy (non-hydrogen) atoms. The van der Waals surface area contributed by atoms with Crippen molar-refractivity contribution in [2.24, 2.45) is 0 Å². The van der Waals surface area contributed by atoms with Crippen molar-refractivity contribution in [3.8, 4) is 28.8 Å². The van der Waals surface area contributed by atoms with Crippen molar-refractivity contribution >= 4 is 11.6 Å². The number of aromatic nitrogens is 8. The van der Waals surface area contributed by atoms with Gasteiger partial charge in [-0.2, -0.15) is 14.9 Å². The van der Waals surface area contributed by atoms with Crippen LogP contribution in [0.3, 0.4) is 0 Å². The lowest BCUT2D eigenvalue weighted by atomic mass is 10.1. The van der Waals surface area contributed by atoms with Crippen molar-refractivity contribution < 1.29 is 8.91 Å². The maximum Gasteiger partial charge on any atom is 0.299 e. The molecular weight excluding hydrogens is 375 g/mol. The number of benzene rings is 1. The molecular formula is C16H14ClFN8O. The summed E-state index contributed by atoms with van der Waals surface area (Å²) < 4.78 is 21.0. The highest BCUT2D eigenvalue weighted by atomic mass is 35.5. The molecule has 0 unspecified atom stereocenters. The highest BCUT2D eigenvalue weighted by Crippen LogP contribution is 2.24. The number of rotatable bonds is 3. The van der Waals surface area contributed by atoms with E-state index in [1.165, 1.54) is 27.9 Å². The van der Waals surface area contributed by atoms with Gasteiger partial charge in [-0.05, 0) is 44.2 Å². The van der Waals surface area contributed by atoms with E-state index in [2.05, 4.69) is 30.7 Å². The molecule has 3 aromatic heterocycles. The fourth-order valence-corrected chi connectivity index (χ4v) is 2.42. The second-order valence-electron chi connectivity index (χ2n) is 6.77. The van der Waals surface area contributed by atoms with Gasteiger partial charge in [0.15, 0.2) is 0 Å². The molecule has 0 amide bonds. The smallest absolute Gasteiger partial charge is 0.299 e. The first-order valence-electron chi connectivity index (χ1n) is 7.96. The van der Waals surface area contributed by atoms with E-state index in [0.29, 0.717) is 10.6 Å². The summed E-state index contributed by atoms with van der Waals surface area (Å²) in [7, 11) is 0. The number of hydrogen-bond donors (Lipinski definition) is 0. The van der Waals surface area contributed by atoms with Crippen LogP contribution < -0.4 is 0 Å². The van der Waals surface area contributed by atoms with Crippen LogP contribution in [0.1, 0.15) is 20.8 Å². The van der Waals surface area contributed by atoms with Crippen LogP contribution >= 0.6 is 11.6 Å². The van der Waals surface area contributed by atoms with Crippen LogP contribution in [0, 0.1) is 5.82 Å². The molecule has 0 N–H and O–H groups in total. The summed E-state index contributed by atoms with van der Waals surface area (Å²) in [5, 5.41) is 20.4. The van der Waals surface area contributed by atoms with Crippen LogP contribution in [-0.4, -0.2) is 40.1 Å². The monoisotopic (exact) mass is 388 g/mol. The Morgan fingerprint density at radius 3 is 2.63 bits per heavy atom. The number of nitrogens with zero attached hydrogens (tertiary/aromatic N) is 8. The van der Waals surface area contributed by atoms with Gasteiger partial charge in [-0.3, -0.25) is 0 Å². The Balaban J connectivity index is 1.63. The Labute approximate surface area is 157 Å². The van der Waals surface area contributed by atoms with Crippen LogP contribution in [0.2, 0.25) is 5.02 Å². The normalized spacial score (nSPS) is 11.9. The minimum absolute atomic E-state index is 0.101. The van der Waals surface area contributed by atoms with E-state index in [1.54, 1.807) is 12.1 Å².